The molecule has 14 heteroatoms. The van der Waals surface area contributed by atoms with Crippen molar-refractivity contribution in [1.82, 2.24) is 25.1 Å². The lowest BCUT2D eigenvalue weighted by Crippen LogP contribution is -2.41. The molecule has 2 amide bonds. The van der Waals surface area contributed by atoms with Gasteiger partial charge in [-0.3, -0.25) is 9.78 Å². The fourth-order valence-corrected chi connectivity index (χ4v) is 4.86. The van der Waals surface area contributed by atoms with Crippen LogP contribution in [0.15, 0.2) is 47.1 Å². The standard InChI is InChI=1S/C27H30F2N8O4/c1-26(2,3)41-25(39)36-9-8-27(14-36)18-10-15(5-7-20(18)33-24(27)38)19(30)13-37(31)12-17-6-4-16(11-32-17)22-34-35-23(40-22)21(28)29/h4-7,10-11,13,21H,8-9,12,14,30-31H2,1-3H3,(H,33,38)/b19-13-. The van der Waals surface area contributed by atoms with Crippen LogP contribution in [0.2, 0.25) is 0 Å². The number of nitrogens with one attached hydrogen (secondary N) is 1. The summed E-state index contributed by atoms with van der Waals surface area (Å²) in [6, 6.07) is 8.67. The minimum absolute atomic E-state index is 0.0630. The molecule has 4 heterocycles. The highest BCUT2D eigenvalue weighted by Crippen LogP contribution is 2.45. The Hall–Kier alpha value is -4.59. The largest absolute Gasteiger partial charge is 0.444 e. The molecule has 12 nitrogen and oxygen atoms in total. The van der Waals surface area contributed by atoms with E-state index in [0.717, 1.165) is 5.56 Å². The Labute approximate surface area is 234 Å². The summed E-state index contributed by atoms with van der Waals surface area (Å²) in [4.78, 5) is 31.6. The highest BCUT2D eigenvalue weighted by atomic mass is 19.3. The molecule has 1 spiro atoms. The fourth-order valence-electron chi connectivity index (χ4n) is 4.86. The van der Waals surface area contributed by atoms with Crippen molar-refractivity contribution in [2.24, 2.45) is 11.6 Å². The first-order chi connectivity index (χ1) is 19.3. The molecule has 5 N–H and O–H groups in total. The number of carbonyl (C=O) groups excluding carboxylic acids is 2. The van der Waals surface area contributed by atoms with Crippen molar-refractivity contribution in [3.8, 4) is 11.5 Å². The van der Waals surface area contributed by atoms with Gasteiger partial charge in [-0.2, -0.15) is 8.78 Å². The van der Waals surface area contributed by atoms with Gasteiger partial charge in [0.25, 0.3) is 5.89 Å². The molecule has 2 aromatic heterocycles. The molecule has 0 aliphatic carbocycles. The number of fused-ring (bicyclic) bond motifs is 2. The van der Waals surface area contributed by atoms with Crippen molar-refractivity contribution < 1.29 is 27.5 Å². The van der Waals surface area contributed by atoms with Crippen LogP contribution < -0.4 is 16.9 Å². The summed E-state index contributed by atoms with van der Waals surface area (Å²) in [5, 5.41) is 11.2. The fraction of sp³-hybridized carbons (Fsp3) is 0.370. The van der Waals surface area contributed by atoms with Crippen LogP contribution in [0.1, 0.15) is 56.3 Å². The Balaban J connectivity index is 1.29. The summed E-state index contributed by atoms with van der Waals surface area (Å²) in [6.45, 7) is 6.17. The molecule has 3 aromatic rings. The van der Waals surface area contributed by atoms with Crippen LogP contribution in [0.4, 0.5) is 19.3 Å². The molecule has 41 heavy (non-hydrogen) atoms. The zero-order valence-electron chi connectivity index (χ0n) is 22.7. The maximum absolute atomic E-state index is 13.1. The van der Waals surface area contributed by atoms with Gasteiger partial charge in [0.05, 0.1) is 28.9 Å². The Kier molecular flexibility index (Phi) is 7.11. The van der Waals surface area contributed by atoms with Gasteiger partial charge in [-0.05, 0) is 62.6 Å². The number of pyridine rings is 1. The molecule has 2 aliphatic rings. The average Bonchev–Trinajstić information content (AvgIpc) is 3.63. The summed E-state index contributed by atoms with van der Waals surface area (Å²) in [7, 11) is 0. The lowest BCUT2D eigenvalue weighted by atomic mass is 9.80. The van der Waals surface area contributed by atoms with Crippen LogP contribution in [0.3, 0.4) is 0 Å². The molecule has 5 rings (SSSR count). The van der Waals surface area contributed by atoms with E-state index in [1.54, 1.807) is 56.1 Å². The van der Waals surface area contributed by atoms with E-state index in [4.69, 9.17) is 20.7 Å². The van der Waals surface area contributed by atoms with Gasteiger partial charge >= 0.3 is 12.5 Å². The maximum atomic E-state index is 13.1. The van der Waals surface area contributed by atoms with E-state index in [0.29, 0.717) is 41.2 Å². The molecule has 1 atom stereocenters. The number of aromatic nitrogens is 3. The molecule has 1 fully saturated rings. The third-order valence-corrected chi connectivity index (χ3v) is 6.82. The number of nitrogens with zero attached hydrogens (tertiary/aromatic N) is 5. The number of ether oxygens (including phenoxy) is 1. The molecular weight excluding hydrogens is 538 g/mol. The summed E-state index contributed by atoms with van der Waals surface area (Å²) in [5.74, 6) is 5.18. The van der Waals surface area contributed by atoms with E-state index in [2.05, 4.69) is 20.5 Å². The van der Waals surface area contributed by atoms with E-state index in [1.165, 1.54) is 11.2 Å². The third-order valence-electron chi connectivity index (χ3n) is 6.82. The highest BCUT2D eigenvalue weighted by molar-refractivity contribution is 6.07. The van der Waals surface area contributed by atoms with Crippen LogP contribution in [-0.4, -0.2) is 55.8 Å². The van der Waals surface area contributed by atoms with Crippen molar-refractivity contribution in [2.45, 2.75) is 51.2 Å². The SMILES string of the molecule is CC(C)(C)OC(=O)N1CCC2(C1)C(=O)Nc1ccc(/C(N)=C/N(N)Cc3ccc(-c4nnc(C(F)F)o4)cn3)cc12. The number of rotatable bonds is 6. The third kappa shape index (κ3) is 5.68. The number of amides is 2. The molecule has 1 saturated heterocycles. The zero-order valence-corrected chi connectivity index (χ0v) is 22.7. The Morgan fingerprint density at radius 1 is 1.29 bits per heavy atom. The van der Waals surface area contributed by atoms with E-state index in [-0.39, 0.29) is 24.9 Å². The summed E-state index contributed by atoms with van der Waals surface area (Å²) in [5.41, 5.74) is 8.24. The monoisotopic (exact) mass is 568 g/mol. The highest BCUT2D eigenvalue weighted by Gasteiger charge is 2.52. The second-order valence-corrected chi connectivity index (χ2v) is 11.0. The predicted molar refractivity (Wildman–Crippen MR) is 144 cm³/mol. The van der Waals surface area contributed by atoms with E-state index in [9.17, 15) is 18.4 Å². The topological polar surface area (TPSA) is 166 Å². The van der Waals surface area contributed by atoms with E-state index < -0.39 is 29.4 Å². The lowest BCUT2D eigenvalue weighted by Gasteiger charge is -2.26. The van der Waals surface area contributed by atoms with Gasteiger partial charge < -0.3 is 30.1 Å². The average molecular weight is 569 g/mol. The molecule has 1 unspecified atom stereocenters. The van der Waals surface area contributed by atoms with Crippen LogP contribution in [0, 0.1) is 0 Å². The van der Waals surface area contributed by atoms with E-state index >= 15 is 0 Å². The Bertz CT molecular complexity index is 1500. The minimum atomic E-state index is -2.86. The van der Waals surface area contributed by atoms with Gasteiger partial charge in [0, 0.05) is 31.2 Å². The molecule has 0 radical (unpaired) electrons. The van der Waals surface area contributed by atoms with Crippen molar-refractivity contribution in [1.29, 1.82) is 0 Å². The Morgan fingerprint density at radius 3 is 2.73 bits per heavy atom. The number of halogens is 2. The first kappa shape index (κ1) is 28.0. The number of benzene rings is 1. The molecule has 1 aromatic carbocycles. The van der Waals surface area contributed by atoms with Gasteiger partial charge in [0.15, 0.2) is 0 Å². The number of hydrogen-bond donors (Lipinski definition) is 3. The number of likely N-dealkylation sites (tertiary alicyclic amines) is 1. The van der Waals surface area contributed by atoms with Gasteiger partial charge in [-0.25, -0.2) is 10.6 Å². The normalized spacial score (nSPS) is 18.7. The van der Waals surface area contributed by atoms with E-state index in [1.807, 2.05) is 6.07 Å². The van der Waals surface area contributed by atoms with Crippen molar-refractivity contribution >= 4 is 23.4 Å². The number of carbonyl (C=O) groups is 2. The molecular formula is C27H30F2N8O4. The molecule has 0 bridgehead atoms. The van der Waals surface area contributed by atoms with Gasteiger partial charge in [-0.1, -0.05) is 6.07 Å². The van der Waals surface area contributed by atoms with Crippen molar-refractivity contribution in [3.05, 3.63) is 65.4 Å². The Morgan fingerprint density at radius 2 is 2.07 bits per heavy atom. The summed E-state index contributed by atoms with van der Waals surface area (Å²) < 4.78 is 35.8. The summed E-state index contributed by atoms with van der Waals surface area (Å²) in [6.07, 6.45) is 0.107. The second kappa shape index (κ2) is 10.4. The molecule has 2 aliphatic heterocycles. The van der Waals surface area contributed by atoms with Crippen LogP contribution in [0.25, 0.3) is 17.2 Å². The molecule has 216 valence electrons. The predicted octanol–water partition coefficient (Wildman–Crippen LogP) is 3.53. The van der Waals surface area contributed by atoms with Gasteiger partial charge in [-0.15, -0.1) is 10.2 Å². The second-order valence-electron chi connectivity index (χ2n) is 11.0. The first-order valence-corrected chi connectivity index (χ1v) is 12.8. The van der Waals surface area contributed by atoms with Crippen molar-refractivity contribution in [3.63, 3.8) is 0 Å². The number of hydrogen-bond acceptors (Lipinski definition) is 10. The van der Waals surface area contributed by atoms with Gasteiger partial charge in [0.2, 0.25) is 11.8 Å². The lowest BCUT2D eigenvalue weighted by molar-refractivity contribution is -0.120. The quantitative estimate of drug-likeness (QED) is 0.296. The van der Waals surface area contributed by atoms with Crippen LogP contribution in [-0.2, 0) is 21.5 Å². The smallest absolute Gasteiger partial charge is 0.410 e. The summed E-state index contributed by atoms with van der Waals surface area (Å²) >= 11 is 0. The van der Waals surface area contributed by atoms with Crippen LogP contribution >= 0.6 is 0 Å². The number of hydrazine groups is 1. The first-order valence-electron chi connectivity index (χ1n) is 12.8. The minimum Gasteiger partial charge on any atom is -0.444 e. The molecule has 0 saturated carbocycles. The van der Waals surface area contributed by atoms with Crippen molar-refractivity contribution in [2.75, 3.05) is 18.4 Å². The van der Waals surface area contributed by atoms with Gasteiger partial charge in [0.1, 0.15) is 5.60 Å². The van der Waals surface area contributed by atoms with Crippen LogP contribution in [0.5, 0.6) is 0 Å². The zero-order chi connectivity index (χ0) is 29.5. The number of alkyl halides is 2. The maximum Gasteiger partial charge on any atom is 0.410 e. The number of anilines is 1. The number of nitrogens with two attached hydrogens (primary N) is 2.